The van der Waals surface area contributed by atoms with E-state index in [1.165, 1.54) is 5.56 Å². The Kier molecular flexibility index (Phi) is 6.17. The summed E-state index contributed by atoms with van der Waals surface area (Å²) in [6.07, 6.45) is 2.01. The predicted octanol–water partition coefficient (Wildman–Crippen LogP) is 4.43. The van der Waals surface area contributed by atoms with E-state index in [4.69, 9.17) is 11.6 Å². The number of aryl methyl sites for hydroxylation is 1. The van der Waals surface area contributed by atoms with E-state index in [2.05, 4.69) is 33.0 Å². The lowest BCUT2D eigenvalue weighted by Crippen LogP contribution is -2.14. The summed E-state index contributed by atoms with van der Waals surface area (Å²) in [6, 6.07) is 20.6. The average molecular weight is 367 g/mol. The van der Waals surface area contributed by atoms with Gasteiger partial charge in [0.2, 0.25) is 0 Å². The second kappa shape index (κ2) is 8.97. The van der Waals surface area contributed by atoms with Crippen LogP contribution < -0.4 is 10.6 Å². The summed E-state index contributed by atoms with van der Waals surface area (Å²) in [4.78, 5) is 12.1. The Hall–Kier alpha value is -2.92. The number of anilines is 2. The van der Waals surface area contributed by atoms with Crippen LogP contribution in [0.15, 0.2) is 66.7 Å². The fourth-order valence-corrected chi connectivity index (χ4v) is 2.66. The first-order valence-corrected chi connectivity index (χ1v) is 8.77. The van der Waals surface area contributed by atoms with Crippen LogP contribution in [0.1, 0.15) is 22.3 Å². The molecule has 1 amide bonds. The zero-order valence-corrected chi connectivity index (χ0v) is 14.9. The molecule has 132 valence electrons. The molecule has 0 aliphatic heterocycles. The SMILES string of the molecule is O=C(Nc1ccc(NCCCc2ccccc2)nn1)c1cccc(Cl)c1. The zero-order chi connectivity index (χ0) is 18.2. The van der Waals surface area contributed by atoms with Gasteiger partial charge < -0.3 is 10.6 Å². The fourth-order valence-electron chi connectivity index (χ4n) is 2.47. The first kappa shape index (κ1) is 17.9. The molecule has 0 aliphatic rings. The average Bonchev–Trinajstić information content (AvgIpc) is 2.67. The second-order valence-corrected chi connectivity index (χ2v) is 6.22. The van der Waals surface area contributed by atoms with Crippen LogP contribution in [0.5, 0.6) is 0 Å². The number of nitrogens with one attached hydrogen (secondary N) is 2. The van der Waals surface area contributed by atoms with E-state index in [-0.39, 0.29) is 5.91 Å². The number of aromatic nitrogens is 2. The zero-order valence-electron chi connectivity index (χ0n) is 14.2. The molecule has 3 rings (SSSR count). The maximum absolute atomic E-state index is 12.1. The van der Waals surface area contributed by atoms with Crippen LogP contribution in [-0.2, 0) is 6.42 Å². The van der Waals surface area contributed by atoms with Crippen molar-refractivity contribution < 1.29 is 4.79 Å². The van der Waals surface area contributed by atoms with E-state index in [0.29, 0.717) is 22.2 Å². The molecular weight excluding hydrogens is 348 g/mol. The molecule has 0 unspecified atom stereocenters. The van der Waals surface area contributed by atoms with E-state index in [1.807, 2.05) is 18.2 Å². The van der Waals surface area contributed by atoms with Gasteiger partial charge in [-0.1, -0.05) is 48.0 Å². The second-order valence-electron chi connectivity index (χ2n) is 5.78. The number of halogens is 1. The third kappa shape index (κ3) is 5.29. The van der Waals surface area contributed by atoms with Crippen LogP contribution in [0.3, 0.4) is 0 Å². The van der Waals surface area contributed by atoms with Crippen LogP contribution in [0.4, 0.5) is 11.6 Å². The van der Waals surface area contributed by atoms with Crippen molar-refractivity contribution in [3.63, 3.8) is 0 Å². The van der Waals surface area contributed by atoms with Gasteiger partial charge in [-0.25, -0.2) is 0 Å². The number of carbonyl (C=O) groups excluding carboxylic acids is 1. The molecular formula is C20H19ClN4O. The normalized spacial score (nSPS) is 10.3. The summed E-state index contributed by atoms with van der Waals surface area (Å²) in [5, 5.41) is 14.6. The van der Waals surface area contributed by atoms with Crippen LogP contribution in [0.2, 0.25) is 5.02 Å². The van der Waals surface area contributed by atoms with Gasteiger partial charge in [0, 0.05) is 17.1 Å². The van der Waals surface area contributed by atoms with Gasteiger partial charge in [0.25, 0.3) is 5.91 Å². The van der Waals surface area contributed by atoms with Crippen molar-refractivity contribution in [1.29, 1.82) is 0 Å². The Morgan fingerprint density at radius 3 is 2.42 bits per heavy atom. The fraction of sp³-hybridized carbons (Fsp3) is 0.150. The summed E-state index contributed by atoms with van der Waals surface area (Å²) in [5.41, 5.74) is 1.79. The van der Waals surface area contributed by atoms with Crippen molar-refractivity contribution in [2.75, 3.05) is 17.2 Å². The smallest absolute Gasteiger partial charge is 0.256 e. The van der Waals surface area contributed by atoms with E-state index < -0.39 is 0 Å². The van der Waals surface area contributed by atoms with Gasteiger partial charge in [-0.2, -0.15) is 0 Å². The minimum Gasteiger partial charge on any atom is -0.369 e. The summed E-state index contributed by atoms with van der Waals surface area (Å²) in [7, 11) is 0. The summed E-state index contributed by atoms with van der Waals surface area (Å²) < 4.78 is 0. The molecule has 0 bridgehead atoms. The Balaban J connectivity index is 1.46. The van der Waals surface area contributed by atoms with Crippen LogP contribution in [0, 0.1) is 0 Å². The molecule has 6 heteroatoms. The molecule has 5 nitrogen and oxygen atoms in total. The van der Waals surface area contributed by atoms with E-state index in [9.17, 15) is 4.79 Å². The first-order chi connectivity index (χ1) is 12.7. The van der Waals surface area contributed by atoms with Crippen molar-refractivity contribution in [1.82, 2.24) is 10.2 Å². The van der Waals surface area contributed by atoms with Crippen molar-refractivity contribution >= 4 is 29.1 Å². The largest absolute Gasteiger partial charge is 0.369 e. The molecule has 2 N–H and O–H groups in total. The van der Waals surface area contributed by atoms with Crippen molar-refractivity contribution in [3.05, 3.63) is 82.9 Å². The maximum Gasteiger partial charge on any atom is 0.256 e. The van der Waals surface area contributed by atoms with Gasteiger partial charge in [-0.3, -0.25) is 4.79 Å². The van der Waals surface area contributed by atoms with Gasteiger partial charge >= 0.3 is 0 Å². The standard InChI is InChI=1S/C20H19ClN4O/c21-17-10-4-9-16(14-17)20(26)23-19-12-11-18(24-25-19)22-13-5-8-15-6-2-1-3-7-15/h1-4,6-7,9-12,14H,5,8,13H2,(H,22,24)(H,23,25,26). The highest BCUT2D eigenvalue weighted by Crippen LogP contribution is 2.13. The molecule has 0 aliphatic carbocycles. The predicted molar refractivity (Wildman–Crippen MR) is 105 cm³/mol. The van der Waals surface area contributed by atoms with Gasteiger partial charge in [0.15, 0.2) is 5.82 Å². The molecule has 3 aromatic rings. The number of hydrogen-bond acceptors (Lipinski definition) is 4. The number of rotatable bonds is 7. The molecule has 0 saturated heterocycles. The highest BCUT2D eigenvalue weighted by Gasteiger charge is 2.07. The first-order valence-electron chi connectivity index (χ1n) is 8.39. The van der Waals surface area contributed by atoms with E-state index in [0.717, 1.165) is 19.4 Å². The van der Waals surface area contributed by atoms with Gasteiger partial charge in [-0.15, -0.1) is 10.2 Å². The van der Waals surface area contributed by atoms with Crippen molar-refractivity contribution in [3.8, 4) is 0 Å². The molecule has 1 aromatic heterocycles. The summed E-state index contributed by atoms with van der Waals surface area (Å²) in [5.74, 6) is 0.800. The third-order valence-corrected chi connectivity index (χ3v) is 4.02. The maximum atomic E-state index is 12.1. The molecule has 0 radical (unpaired) electrons. The summed E-state index contributed by atoms with van der Waals surface area (Å²) in [6.45, 7) is 0.803. The van der Waals surface area contributed by atoms with Crippen molar-refractivity contribution in [2.24, 2.45) is 0 Å². The Morgan fingerprint density at radius 1 is 0.923 bits per heavy atom. The van der Waals surface area contributed by atoms with Gasteiger partial charge in [0.05, 0.1) is 0 Å². The Morgan fingerprint density at radius 2 is 1.69 bits per heavy atom. The quantitative estimate of drug-likeness (QED) is 0.607. The van der Waals surface area contributed by atoms with Crippen molar-refractivity contribution in [2.45, 2.75) is 12.8 Å². The molecule has 0 spiro atoms. The minimum absolute atomic E-state index is 0.273. The van der Waals surface area contributed by atoms with Gasteiger partial charge in [-0.05, 0) is 48.7 Å². The van der Waals surface area contributed by atoms with Crippen LogP contribution in [0.25, 0.3) is 0 Å². The van der Waals surface area contributed by atoms with Gasteiger partial charge in [0.1, 0.15) is 5.82 Å². The van der Waals surface area contributed by atoms with E-state index >= 15 is 0 Å². The van der Waals surface area contributed by atoms with E-state index in [1.54, 1.807) is 36.4 Å². The Bertz CT molecular complexity index is 853. The molecule has 0 saturated carbocycles. The molecule has 2 aromatic carbocycles. The number of carbonyl (C=O) groups is 1. The van der Waals surface area contributed by atoms with Crippen LogP contribution >= 0.6 is 11.6 Å². The Labute approximate surface area is 157 Å². The summed E-state index contributed by atoms with van der Waals surface area (Å²) >= 11 is 5.90. The topological polar surface area (TPSA) is 66.9 Å². The molecule has 0 fully saturated rings. The third-order valence-electron chi connectivity index (χ3n) is 3.78. The number of nitrogens with zero attached hydrogens (tertiary/aromatic N) is 2. The highest BCUT2D eigenvalue weighted by atomic mass is 35.5. The lowest BCUT2D eigenvalue weighted by Gasteiger charge is -2.07. The molecule has 1 heterocycles. The lowest BCUT2D eigenvalue weighted by molar-refractivity contribution is 0.102. The highest BCUT2D eigenvalue weighted by molar-refractivity contribution is 6.31. The molecule has 26 heavy (non-hydrogen) atoms. The minimum atomic E-state index is -0.273. The number of benzene rings is 2. The van der Waals surface area contributed by atoms with Crippen LogP contribution in [-0.4, -0.2) is 22.6 Å². The monoisotopic (exact) mass is 366 g/mol. The number of hydrogen-bond donors (Lipinski definition) is 2. The lowest BCUT2D eigenvalue weighted by atomic mass is 10.1. The number of amides is 1. The molecule has 0 atom stereocenters.